The first-order valence-corrected chi connectivity index (χ1v) is 12.6. The van der Waals surface area contributed by atoms with Gasteiger partial charge in [0.1, 0.15) is 12.6 Å². The Kier molecular flexibility index (Phi) is 8.50. The van der Waals surface area contributed by atoms with Gasteiger partial charge in [-0.1, -0.05) is 29.8 Å². The van der Waals surface area contributed by atoms with Crippen LogP contribution in [0.2, 0.25) is 0 Å². The summed E-state index contributed by atoms with van der Waals surface area (Å²) in [6.45, 7) is 0.628. The molecule has 194 valence electrons. The summed E-state index contributed by atoms with van der Waals surface area (Å²) in [5.41, 5.74) is 0.478. The van der Waals surface area contributed by atoms with E-state index in [1.807, 2.05) is 6.07 Å². The average Bonchev–Trinajstić information content (AvgIpc) is 3.44. The third-order valence-electron chi connectivity index (χ3n) is 7.23. The monoisotopic (exact) mass is 498 g/mol. The summed E-state index contributed by atoms with van der Waals surface area (Å²) >= 11 is 0. The number of carbonyl (C=O) groups excluding carboxylic acids is 3. The van der Waals surface area contributed by atoms with Crippen molar-refractivity contribution in [2.75, 3.05) is 33.3 Å². The van der Waals surface area contributed by atoms with Gasteiger partial charge in [0.25, 0.3) is 5.91 Å². The molecule has 1 saturated heterocycles. The van der Waals surface area contributed by atoms with E-state index in [1.165, 1.54) is 4.90 Å². The summed E-state index contributed by atoms with van der Waals surface area (Å²) in [4.78, 5) is 38.7. The number of aryl methyl sites for hydroxylation is 1. The largest absolute Gasteiger partial charge is 0.463 e. The maximum absolute atomic E-state index is 12.8. The number of nitrogens with zero attached hydrogens (tertiary/aromatic N) is 4. The molecule has 2 aromatic rings. The fourth-order valence-corrected chi connectivity index (χ4v) is 5.04. The second-order valence-electron chi connectivity index (χ2n) is 9.63. The van der Waals surface area contributed by atoms with Crippen molar-refractivity contribution in [3.63, 3.8) is 0 Å². The van der Waals surface area contributed by atoms with Crippen LogP contribution in [0.5, 0.6) is 0 Å². The van der Waals surface area contributed by atoms with Gasteiger partial charge in [-0.25, -0.2) is 0 Å². The Labute approximate surface area is 212 Å². The van der Waals surface area contributed by atoms with Crippen molar-refractivity contribution in [1.82, 2.24) is 36.2 Å². The number of piperidine rings is 1. The zero-order valence-corrected chi connectivity index (χ0v) is 20.6. The molecule has 1 aromatic heterocycles. The molecule has 2 aliphatic rings. The molecule has 11 nitrogen and oxygen atoms in total. The maximum atomic E-state index is 12.8. The van der Waals surface area contributed by atoms with Crippen molar-refractivity contribution in [1.29, 1.82) is 0 Å². The van der Waals surface area contributed by atoms with Crippen molar-refractivity contribution in [2.45, 2.75) is 44.5 Å². The predicted octanol–water partition coefficient (Wildman–Crippen LogP) is 0.958. The zero-order chi connectivity index (χ0) is 26.3. The zero-order valence-electron chi connectivity index (χ0n) is 21.6. The van der Waals surface area contributed by atoms with Crippen LogP contribution in [-0.4, -0.2) is 82.6 Å². The molecule has 1 aromatic carbocycles. The lowest BCUT2D eigenvalue weighted by Gasteiger charge is -2.42. The minimum atomic E-state index is -1.48. The number of tetrazole rings is 1. The number of aromatic nitrogens is 4. The third kappa shape index (κ3) is 7.09. The van der Waals surface area contributed by atoms with Gasteiger partial charge in [0.05, 0.1) is 14.5 Å². The smallest absolute Gasteiger partial charge is 0.323 e. The minimum absolute atomic E-state index is 0.0164. The molecule has 2 fully saturated rings. The van der Waals surface area contributed by atoms with Crippen molar-refractivity contribution in [2.24, 2.45) is 17.8 Å². The summed E-state index contributed by atoms with van der Waals surface area (Å²) in [5.74, 6) is 0.737. The van der Waals surface area contributed by atoms with Crippen LogP contribution < -0.4 is 10.6 Å². The van der Waals surface area contributed by atoms with E-state index >= 15 is 0 Å². The summed E-state index contributed by atoms with van der Waals surface area (Å²) in [7, 11) is 1.58. The number of hydrogen-bond donors (Lipinski definition) is 3. The molecule has 1 aliphatic heterocycles. The molecule has 0 unspecified atom stereocenters. The summed E-state index contributed by atoms with van der Waals surface area (Å²) in [6.07, 6.45) is 5.33. The van der Waals surface area contributed by atoms with Gasteiger partial charge in [-0.2, -0.15) is 5.21 Å². The van der Waals surface area contributed by atoms with Gasteiger partial charge in [-0.15, -0.1) is 10.2 Å². The second-order valence-corrected chi connectivity index (χ2v) is 9.63. The molecule has 0 radical (unpaired) electrons. The molecule has 4 rings (SSSR count). The van der Waals surface area contributed by atoms with Crippen molar-refractivity contribution in [3.8, 4) is 0 Å². The maximum Gasteiger partial charge on any atom is 0.323 e. The third-order valence-corrected chi connectivity index (χ3v) is 7.23. The first-order valence-electron chi connectivity index (χ1n) is 13.1. The molecule has 36 heavy (non-hydrogen) atoms. The molecule has 3 N–H and O–H groups in total. The summed E-state index contributed by atoms with van der Waals surface area (Å²) in [5, 5.41) is 19.8. The molecule has 2 amide bonds. The Hall–Kier alpha value is -3.34. The van der Waals surface area contributed by atoms with Gasteiger partial charge in [0.2, 0.25) is 5.91 Å². The van der Waals surface area contributed by atoms with Crippen molar-refractivity contribution in [3.05, 3.63) is 41.7 Å². The van der Waals surface area contributed by atoms with Crippen molar-refractivity contribution >= 4 is 17.8 Å². The van der Waals surface area contributed by atoms with Gasteiger partial charge in [0.15, 0.2) is 5.82 Å². The Morgan fingerprint density at radius 2 is 2.03 bits per heavy atom. The second kappa shape index (κ2) is 12.6. The Morgan fingerprint density at radius 3 is 2.81 bits per heavy atom. The Balaban J connectivity index is 1.18. The van der Waals surface area contributed by atoms with E-state index in [2.05, 4.69) is 31.3 Å². The number of amides is 2. The van der Waals surface area contributed by atoms with Gasteiger partial charge in [0, 0.05) is 19.0 Å². The van der Waals surface area contributed by atoms with Crippen LogP contribution in [0.25, 0.3) is 0 Å². The summed E-state index contributed by atoms with van der Waals surface area (Å²) in [6, 6.07) is 7.18. The number of H-pyrrole nitrogens is 1. The lowest BCUT2D eigenvalue weighted by Crippen LogP contribution is -2.50. The van der Waals surface area contributed by atoms with Crippen LogP contribution >= 0.6 is 0 Å². The van der Waals surface area contributed by atoms with Gasteiger partial charge >= 0.3 is 5.97 Å². The first kappa shape index (κ1) is 24.4. The highest BCUT2D eigenvalue weighted by atomic mass is 16.5. The number of esters is 1. The van der Waals surface area contributed by atoms with Crippen LogP contribution in [0.3, 0.4) is 0 Å². The lowest BCUT2D eigenvalue weighted by molar-refractivity contribution is -0.149. The van der Waals surface area contributed by atoms with Crippen LogP contribution in [0.1, 0.15) is 49.7 Å². The van der Waals surface area contributed by atoms with Crippen LogP contribution in [0.4, 0.5) is 0 Å². The topological polar surface area (TPSA) is 142 Å². The van der Waals surface area contributed by atoms with E-state index in [0.717, 1.165) is 32.1 Å². The highest BCUT2D eigenvalue weighted by Gasteiger charge is 2.38. The SMILES string of the molecule is [2H][C@@]1(C(=O)OCCN(C)C(=O)CNC(=O)c2ccccc2)C[C@H]2C[C@@H](CCc3nn[nH]n3)CC[C@H]2CN1. The summed E-state index contributed by atoms with van der Waals surface area (Å²) < 4.78 is 14.2. The predicted molar refractivity (Wildman–Crippen MR) is 131 cm³/mol. The van der Waals surface area contributed by atoms with Crippen LogP contribution in [0.15, 0.2) is 30.3 Å². The van der Waals surface area contributed by atoms with Crippen LogP contribution in [-0.2, 0) is 20.7 Å². The van der Waals surface area contributed by atoms with E-state index in [4.69, 9.17) is 6.11 Å². The number of nitrogens with one attached hydrogen (secondary N) is 3. The molecule has 11 heteroatoms. The fourth-order valence-electron chi connectivity index (χ4n) is 5.04. The molecule has 4 atom stereocenters. The number of likely N-dealkylation sites (N-methyl/N-ethyl adjacent to an activating group) is 1. The quantitative estimate of drug-likeness (QED) is 0.411. The normalized spacial score (nSPS) is 25.8. The number of hydrogen-bond acceptors (Lipinski definition) is 8. The van der Waals surface area contributed by atoms with E-state index in [0.29, 0.717) is 36.2 Å². The molecule has 0 spiro atoms. The highest BCUT2D eigenvalue weighted by Crippen LogP contribution is 2.40. The number of aromatic amines is 1. The van der Waals surface area contributed by atoms with E-state index < -0.39 is 12.0 Å². The van der Waals surface area contributed by atoms with E-state index in [9.17, 15) is 14.4 Å². The first-order chi connectivity index (χ1) is 17.8. The Bertz CT molecular complexity index is 1050. The van der Waals surface area contributed by atoms with Gasteiger partial charge in [-0.3, -0.25) is 14.4 Å². The molecule has 2 heterocycles. The lowest BCUT2D eigenvalue weighted by atomic mass is 9.69. The van der Waals surface area contributed by atoms with Gasteiger partial charge < -0.3 is 20.3 Å². The standard InChI is InChI=1S/C25H35N7O4/c1-32(23(33)16-27-24(34)18-5-3-2-4-6-18)11-12-36-25(35)21-14-20-13-17(7-9-19(20)15-26-21)8-10-22-28-30-31-29-22/h2-6,17,19-21,26H,7-16H2,1H3,(H,27,34)(H,28,29,30,31)/t17-,19+,20-,21+/m1/s1/i21D. The average molecular weight is 499 g/mol. The minimum Gasteiger partial charge on any atom is -0.463 e. The number of rotatable bonds is 10. The molecular formula is C25H35N7O4. The number of benzene rings is 1. The van der Waals surface area contributed by atoms with Crippen LogP contribution in [0, 0.1) is 17.8 Å². The van der Waals surface area contributed by atoms with Gasteiger partial charge in [-0.05, 0) is 62.1 Å². The molecular weight excluding hydrogens is 462 g/mol. The van der Waals surface area contributed by atoms with E-state index in [-0.39, 0.29) is 37.4 Å². The molecule has 1 aliphatic carbocycles. The number of fused-ring (bicyclic) bond motifs is 1. The number of carbonyl (C=O) groups is 3. The molecule has 1 saturated carbocycles. The molecule has 0 bridgehead atoms. The fraction of sp³-hybridized carbons (Fsp3) is 0.600. The van der Waals surface area contributed by atoms with E-state index in [1.54, 1.807) is 31.3 Å². The Morgan fingerprint density at radius 1 is 1.19 bits per heavy atom. The number of ether oxygens (including phenoxy) is 1. The van der Waals surface area contributed by atoms with Crippen molar-refractivity contribution < 1.29 is 20.5 Å². The highest BCUT2D eigenvalue weighted by molar-refractivity contribution is 5.96.